The molecule has 2 aromatic carbocycles. The Kier molecular flexibility index (Phi) is 4.80. The number of ether oxygens (including phenoxy) is 1. The van der Waals surface area contributed by atoms with Gasteiger partial charge in [0.25, 0.3) is 0 Å². The minimum absolute atomic E-state index is 0.181. The Morgan fingerprint density at radius 3 is 2.50 bits per heavy atom. The van der Waals surface area contributed by atoms with Crippen LogP contribution < -0.4 is 0 Å². The summed E-state index contributed by atoms with van der Waals surface area (Å²) in [4.78, 5) is 4.40. The molecular formula is C21H24ClNO. The molecule has 0 saturated heterocycles. The van der Waals surface area contributed by atoms with Crippen molar-refractivity contribution in [3.05, 3.63) is 65.2 Å². The second kappa shape index (κ2) is 6.70. The van der Waals surface area contributed by atoms with E-state index in [1.165, 1.54) is 11.1 Å². The van der Waals surface area contributed by atoms with Gasteiger partial charge in [0.15, 0.2) is 5.06 Å². The molecule has 0 radical (unpaired) electrons. The Bertz CT molecular complexity index is 730. The maximum absolute atomic E-state index is 6.74. The molecular weight excluding hydrogens is 318 g/mol. The topological polar surface area (TPSA) is 21.6 Å². The Morgan fingerprint density at radius 1 is 1.08 bits per heavy atom. The van der Waals surface area contributed by atoms with Crippen LogP contribution in [0.4, 0.5) is 5.69 Å². The van der Waals surface area contributed by atoms with Crippen molar-refractivity contribution >= 4 is 23.5 Å². The maximum atomic E-state index is 6.74. The number of hydrogen-bond acceptors (Lipinski definition) is 2. The highest BCUT2D eigenvalue weighted by atomic mass is 35.5. The number of fused-ring (bicyclic) bond motifs is 1. The van der Waals surface area contributed by atoms with Crippen LogP contribution in [0.2, 0.25) is 0 Å². The zero-order valence-corrected chi connectivity index (χ0v) is 15.3. The summed E-state index contributed by atoms with van der Waals surface area (Å²) in [6.07, 6.45) is 3.28. The van der Waals surface area contributed by atoms with Gasteiger partial charge in [-0.3, -0.25) is 4.99 Å². The smallest absolute Gasteiger partial charge is 0.174 e. The van der Waals surface area contributed by atoms with Crippen LogP contribution in [0.25, 0.3) is 0 Å². The molecule has 1 heterocycles. The van der Waals surface area contributed by atoms with Crippen molar-refractivity contribution in [2.45, 2.75) is 44.1 Å². The third-order valence-electron chi connectivity index (χ3n) is 4.43. The van der Waals surface area contributed by atoms with Crippen LogP contribution in [0, 0.1) is 0 Å². The van der Waals surface area contributed by atoms with Gasteiger partial charge in [0.2, 0.25) is 0 Å². The van der Waals surface area contributed by atoms with Gasteiger partial charge in [0.1, 0.15) is 0 Å². The highest BCUT2D eigenvalue weighted by molar-refractivity contribution is 6.24. The summed E-state index contributed by atoms with van der Waals surface area (Å²) in [5.74, 6) is 0. The van der Waals surface area contributed by atoms with Crippen molar-refractivity contribution < 1.29 is 4.74 Å². The fourth-order valence-corrected chi connectivity index (χ4v) is 3.22. The van der Waals surface area contributed by atoms with Crippen LogP contribution in [0.1, 0.15) is 43.9 Å². The molecule has 1 unspecified atom stereocenters. The Hall–Kier alpha value is -1.64. The quantitative estimate of drug-likeness (QED) is 0.650. The minimum atomic E-state index is -0.802. The number of benzene rings is 2. The maximum Gasteiger partial charge on any atom is 0.174 e. The van der Waals surface area contributed by atoms with E-state index in [2.05, 4.69) is 50.0 Å². The number of halogens is 1. The molecule has 1 atom stereocenters. The van der Waals surface area contributed by atoms with E-state index in [-0.39, 0.29) is 5.41 Å². The van der Waals surface area contributed by atoms with E-state index in [0.717, 1.165) is 17.7 Å². The first-order chi connectivity index (χ1) is 11.4. The fraction of sp³-hybridized carbons (Fsp3) is 0.381. The van der Waals surface area contributed by atoms with Gasteiger partial charge in [-0.15, -0.1) is 0 Å². The van der Waals surface area contributed by atoms with Gasteiger partial charge in [-0.2, -0.15) is 0 Å². The molecule has 0 N–H and O–H groups in total. The lowest BCUT2D eigenvalue weighted by atomic mass is 9.86. The van der Waals surface area contributed by atoms with Gasteiger partial charge in [0, 0.05) is 18.2 Å². The average Bonchev–Trinajstić information content (AvgIpc) is 2.55. The summed E-state index contributed by atoms with van der Waals surface area (Å²) in [7, 11) is 0. The number of alkyl halides is 1. The molecule has 24 heavy (non-hydrogen) atoms. The molecule has 0 aliphatic carbocycles. The van der Waals surface area contributed by atoms with E-state index in [1.54, 1.807) is 0 Å². The number of aliphatic imine (C=N–C) groups is 1. The molecule has 0 bridgehead atoms. The van der Waals surface area contributed by atoms with E-state index < -0.39 is 5.06 Å². The summed E-state index contributed by atoms with van der Waals surface area (Å²) in [5.41, 5.74) is 4.64. The Labute approximate surface area is 149 Å². The number of nitrogens with zero attached hydrogens (tertiary/aromatic N) is 1. The summed E-state index contributed by atoms with van der Waals surface area (Å²) in [6, 6.07) is 16.7. The van der Waals surface area contributed by atoms with Crippen LogP contribution in [0.5, 0.6) is 0 Å². The molecule has 0 saturated carbocycles. The second-order valence-electron chi connectivity index (χ2n) is 7.31. The normalized spacial score (nSPS) is 20.0. The molecule has 126 valence electrons. The standard InChI is InChI=1S/C21H24ClNO/c1-20(2,3)17-10-8-16(9-11-17)12-15-24-21(22)13-14-23-19-7-5-4-6-18(19)21/h4-11,14H,12-13,15H2,1-3H3. The summed E-state index contributed by atoms with van der Waals surface area (Å²) >= 11 is 6.74. The highest BCUT2D eigenvalue weighted by Crippen LogP contribution is 2.41. The molecule has 0 aromatic heterocycles. The van der Waals surface area contributed by atoms with E-state index >= 15 is 0 Å². The van der Waals surface area contributed by atoms with Crippen molar-refractivity contribution in [3.63, 3.8) is 0 Å². The van der Waals surface area contributed by atoms with E-state index in [1.807, 2.05) is 30.5 Å². The zero-order valence-electron chi connectivity index (χ0n) is 14.6. The minimum Gasteiger partial charge on any atom is -0.355 e. The lowest BCUT2D eigenvalue weighted by Gasteiger charge is -2.30. The molecule has 1 aliphatic heterocycles. The Morgan fingerprint density at radius 2 is 1.79 bits per heavy atom. The first kappa shape index (κ1) is 17.2. The summed E-state index contributed by atoms with van der Waals surface area (Å²) in [5, 5.41) is -0.802. The van der Waals surface area contributed by atoms with Gasteiger partial charge in [-0.1, -0.05) is 74.8 Å². The van der Waals surface area contributed by atoms with Gasteiger partial charge in [-0.25, -0.2) is 0 Å². The highest BCUT2D eigenvalue weighted by Gasteiger charge is 2.34. The first-order valence-electron chi connectivity index (χ1n) is 8.43. The van der Waals surface area contributed by atoms with Crippen LogP contribution in [0.3, 0.4) is 0 Å². The van der Waals surface area contributed by atoms with Crippen molar-refractivity contribution in [1.82, 2.24) is 0 Å². The molecule has 2 aromatic rings. The lowest BCUT2D eigenvalue weighted by Crippen LogP contribution is -2.26. The average molecular weight is 342 g/mol. The molecule has 0 spiro atoms. The summed E-state index contributed by atoms with van der Waals surface area (Å²) < 4.78 is 6.07. The van der Waals surface area contributed by atoms with Crippen LogP contribution in [-0.2, 0) is 21.6 Å². The predicted molar refractivity (Wildman–Crippen MR) is 102 cm³/mol. The molecule has 3 heteroatoms. The number of hydrogen-bond donors (Lipinski definition) is 0. The zero-order chi connectivity index (χ0) is 17.2. The Balaban J connectivity index is 1.63. The van der Waals surface area contributed by atoms with Crippen LogP contribution in [-0.4, -0.2) is 12.8 Å². The second-order valence-corrected chi connectivity index (χ2v) is 7.92. The van der Waals surface area contributed by atoms with Crippen molar-refractivity contribution in [2.75, 3.05) is 6.61 Å². The van der Waals surface area contributed by atoms with Crippen molar-refractivity contribution in [1.29, 1.82) is 0 Å². The molecule has 2 nitrogen and oxygen atoms in total. The van der Waals surface area contributed by atoms with Gasteiger partial charge < -0.3 is 4.74 Å². The molecule has 0 amide bonds. The molecule has 3 rings (SSSR count). The summed E-state index contributed by atoms with van der Waals surface area (Å²) in [6.45, 7) is 7.26. The van der Waals surface area contributed by atoms with Gasteiger partial charge in [0.05, 0.1) is 12.3 Å². The van der Waals surface area contributed by atoms with Crippen LogP contribution in [0.15, 0.2) is 53.5 Å². The number of para-hydroxylation sites is 1. The predicted octanol–water partition coefficient (Wildman–Crippen LogP) is 5.74. The lowest BCUT2D eigenvalue weighted by molar-refractivity contribution is 0.0236. The SMILES string of the molecule is CC(C)(C)c1ccc(CCOC2(Cl)CC=Nc3ccccc32)cc1. The monoisotopic (exact) mass is 341 g/mol. The van der Waals surface area contributed by atoms with Gasteiger partial charge >= 0.3 is 0 Å². The van der Waals surface area contributed by atoms with E-state index in [9.17, 15) is 0 Å². The largest absolute Gasteiger partial charge is 0.355 e. The fourth-order valence-electron chi connectivity index (χ4n) is 2.91. The van der Waals surface area contributed by atoms with Crippen molar-refractivity contribution in [2.24, 2.45) is 4.99 Å². The van der Waals surface area contributed by atoms with Crippen molar-refractivity contribution in [3.8, 4) is 0 Å². The van der Waals surface area contributed by atoms with Gasteiger partial charge in [-0.05, 0) is 29.0 Å². The third kappa shape index (κ3) is 3.71. The van der Waals surface area contributed by atoms with Crippen LogP contribution >= 0.6 is 11.6 Å². The molecule has 1 aliphatic rings. The molecule has 0 fully saturated rings. The third-order valence-corrected chi connectivity index (χ3v) is 4.90. The van der Waals surface area contributed by atoms with E-state index in [4.69, 9.17) is 16.3 Å². The van der Waals surface area contributed by atoms with E-state index in [0.29, 0.717) is 13.0 Å². The first-order valence-corrected chi connectivity index (χ1v) is 8.81. The number of rotatable bonds is 4.